The summed E-state index contributed by atoms with van der Waals surface area (Å²) in [5.74, 6) is -0.288. The molecule has 19 heavy (non-hydrogen) atoms. The lowest BCUT2D eigenvalue weighted by Crippen LogP contribution is -2.49. The molecule has 4 nitrogen and oxygen atoms in total. The van der Waals surface area contributed by atoms with Crippen LogP contribution < -0.4 is 0 Å². The summed E-state index contributed by atoms with van der Waals surface area (Å²) in [6.07, 6.45) is 0. The minimum atomic E-state index is -0.345. The van der Waals surface area contributed by atoms with E-state index in [-0.39, 0.29) is 17.5 Å². The van der Waals surface area contributed by atoms with Crippen LogP contribution in [0, 0.1) is 5.82 Å². The highest BCUT2D eigenvalue weighted by atomic mass is 19.1. The Morgan fingerprint density at radius 3 is 2.21 bits per heavy atom. The standard InChI is InChI=1S/C14H17FN2O2/c1-11(18)10-16-6-8-17(9-7-16)14(19)12-2-4-13(15)5-3-12/h2-5H,6-10H2,1H3. The topological polar surface area (TPSA) is 40.6 Å². The van der Waals surface area contributed by atoms with Crippen molar-refractivity contribution in [1.29, 1.82) is 0 Å². The molecule has 2 rings (SSSR count). The SMILES string of the molecule is CC(=O)CN1CCN(C(=O)c2ccc(F)cc2)CC1. The Morgan fingerprint density at radius 2 is 1.68 bits per heavy atom. The first-order chi connectivity index (χ1) is 9.06. The van der Waals surface area contributed by atoms with Crippen LogP contribution in [0.4, 0.5) is 4.39 Å². The van der Waals surface area contributed by atoms with Crippen molar-refractivity contribution in [2.45, 2.75) is 6.92 Å². The fourth-order valence-electron chi connectivity index (χ4n) is 2.20. The molecular formula is C14H17FN2O2. The van der Waals surface area contributed by atoms with Crippen LogP contribution in [-0.4, -0.2) is 54.2 Å². The van der Waals surface area contributed by atoms with Gasteiger partial charge in [0.25, 0.3) is 5.91 Å². The second kappa shape index (κ2) is 5.93. The Labute approximate surface area is 111 Å². The van der Waals surface area contributed by atoms with Crippen LogP contribution in [0.15, 0.2) is 24.3 Å². The smallest absolute Gasteiger partial charge is 0.253 e. The van der Waals surface area contributed by atoms with Gasteiger partial charge in [-0.3, -0.25) is 14.5 Å². The monoisotopic (exact) mass is 264 g/mol. The molecule has 0 radical (unpaired) electrons. The van der Waals surface area contributed by atoms with Gasteiger partial charge >= 0.3 is 0 Å². The predicted molar refractivity (Wildman–Crippen MR) is 69.4 cm³/mol. The van der Waals surface area contributed by atoms with E-state index in [1.165, 1.54) is 24.3 Å². The molecule has 0 bridgehead atoms. The van der Waals surface area contributed by atoms with Crippen molar-refractivity contribution in [3.05, 3.63) is 35.6 Å². The third kappa shape index (κ3) is 3.61. The lowest BCUT2D eigenvalue weighted by Gasteiger charge is -2.34. The summed E-state index contributed by atoms with van der Waals surface area (Å²) >= 11 is 0. The summed E-state index contributed by atoms with van der Waals surface area (Å²) in [4.78, 5) is 27.0. The molecule has 0 N–H and O–H groups in total. The molecule has 0 aromatic heterocycles. The zero-order valence-electron chi connectivity index (χ0n) is 10.9. The van der Waals surface area contributed by atoms with Crippen LogP contribution >= 0.6 is 0 Å². The third-order valence-corrected chi connectivity index (χ3v) is 3.20. The zero-order chi connectivity index (χ0) is 13.8. The minimum absolute atomic E-state index is 0.0810. The summed E-state index contributed by atoms with van der Waals surface area (Å²) in [6.45, 7) is 4.61. The lowest BCUT2D eigenvalue weighted by molar-refractivity contribution is -0.118. The van der Waals surface area contributed by atoms with Crippen LogP contribution in [0.25, 0.3) is 0 Å². The van der Waals surface area contributed by atoms with Crippen molar-refractivity contribution in [2.24, 2.45) is 0 Å². The van der Waals surface area contributed by atoms with Gasteiger partial charge in [0, 0.05) is 31.7 Å². The van der Waals surface area contributed by atoms with Crippen LogP contribution in [0.5, 0.6) is 0 Å². The molecule has 0 atom stereocenters. The predicted octanol–water partition coefficient (Wildman–Crippen LogP) is 1.17. The fourth-order valence-corrected chi connectivity index (χ4v) is 2.20. The largest absolute Gasteiger partial charge is 0.336 e. The first kappa shape index (κ1) is 13.7. The molecule has 1 saturated heterocycles. The second-order valence-electron chi connectivity index (χ2n) is 4.78. The van der Waals surface area contributed by atoms with Crippen molar-refractivity contribution < 1.29 is 14.0 Å². The zero-order valence-corrected chi connectivity index (χ0v) is 10.9. The number of piperazine rings is 1. The highest BCUT2D eigenvalue weighted by Gasteiger charge is 2.22. The molecular weight excluding hydrogens is 247 g/mol. The van der Waals surface area contributed by atoms with Crippen LogP contribution in [0.3, 0.4) is 0 Å². The van der Waals surface area contributed by atoms with Gasteiger partial charge in [0.1, 0.15) is 11.6 Å². The number of rotatable bonds is 3. The quantitative estimate of drug-likeness (QED) is 0.823. The number of carbonyl (C=O) groups is 2. The number of amides is 1. The molecule has 1 aliphatic rings. The molecule has 102 valence electrons. The third-order valence-electron chi connectivity index (χ3n) is 3.20. The number of halogens is 1. The highest BCUT2D eigenvalue weighted by Crippen LogP contribution is 2.09. The Hall–Kier alpha value is -1.75. The Morgan fingerprint density at radius 1 is 1.11 bits per heavy atom. The number of Topliss-reactive ketones (excluding diaryl/α,β-unsaturated/α-hetero) is 1. The Bertz CT molecular complexity index is 465. The summed E-state index contributed by atoms with van der Waals surface area (Å²) < 4.78 is 12.8. The number of benzene rings is 1. The number of hydrogen-bond acceptors (Lipinski definition) is 3. The molecule has 0 aliphatic carbocycles. The van der Waals surface area contributed by atoms with Crippen molar-refractivity contribution in [1.82, 2.24) is 9.80 Å². The maximum atomic E-state index is 12.8. The maximum Gasteiger partial charge on any atom is 0.253 e. The van der Waals surface area contributed by atoms with Crippen molar-refractivity contribution in [3.63, 3.8) is 0 Å². The molecule has 0 spiro atoms. The van der Waals surface area contributed by atoms with Gasteiger partial charge in [-0.05, 0) is 31.2 Å². The molecule has 0 unspecified atom stereocenters. The molecule has 1 heterocycles. The van der Waals surface area contributed by atoms with Crippen molar-refractivity contribution >= 4 is 11.7 Å². The van der Waals surface area contributed by atoms with E-state index in [9.17, 15) is 14.0 Å². The Balaban J connectivity index is 1.92. The summed E-state index contributed by atoms with van der Waals surface area (Å²) in [6, 6.07) is 5.58. The van der Waals surface area contributed by atoms with E-state index in [4.69, 9.17) is 0 Å². The van der Waals surface area contributed by atoms with Crippen LogP contribution in [0.1, 0.15) is 17.3 Å². The summed E-state index contributed by atoms with van der Waals surface area (Å²) in [5.41, 5.74) is 0.501. The summed E-state index contributed by atoms with van der Waals surface area (Å²) in [7, 11) is 0. The van der Waals surface area contributed by atoms with Gasteiger partial charge in [0.2, 0.25) is 0 Å². The van der Waals surface area contributed by atoms with Gasteiger partial charge in [-0.2, -0.15) is 0 Å². The molecule has 1 amide bonds. The molecule has 5 heteroatoms. The van der Waals surface area contributed by atoms with Crippen LogP contribution in [0.2, 0.25) is 0 Å². The van der Waals surface area contributed by atoms with E-state index in [0.717, 1.165) is 0 Å². The first-order valence-corrected chi connectivity index (χ1v) is 6.33. The molecule has 1 aliphatic heterocycles. The van der Waals surface area contributed by atoms with Crippen molar-refractivity contribution in [3.8, 4) is 0 Å². The van der Waals surface area contributed by atoms with E-state index in [0.29, 0.717) is 38.3 Å². The lowest BCUT2D eigenvalue weighted by atomic mass is 10.1. The number of hydrogen-bond donors (Lipinski definition) is 0. The van der Waals surface area contributed by atoms with Crippen molar-refractivity contribution in [2.75, 3.05) is 32.7 Å². The van der Waals surface area contributed by atoms with Gasteiger partial charge < -0.3 is 4.90 Å². The van der Waals surface area contributed by atoms with E-state index in [1.807, 2.05) is 4.90 Å². The number of carbonyl (C=O) groups excluding carboxylic acids is 2. The van der Waals surface area contributed by atoms with E-state index < -0.39 is 0 Å². The van der Waals surface area contributed by atoms with Gasteiger partial charge in [0.05, 0.1) is 6.54 Å². The Kier molecular flexibility index (Phi) is 4.27. The van der Waals surface area contributed by atoms with E-state index in [2.05, 4.69) is 0 Å². The van der Waals surface area contributed by atoms with Gasteiger partial charge in [-0.25, -0.2) is 4.39 Å². The minimum Gasteiger partial charge on any atom is -0.336 e. The molecule has 1 aromatic carbocycles. The number of nitrogens with zero attached hydrogens (tertiary/aromatic N) is 2. The van der Waals surface area contributed by atoms with Crippen LogP contribution in [-0.2, 0) is 4.79 Å². The normalized spacial score (nSPS) is 16.4. The van der Waals surface area contributed by atoms with E-state index in [1.54, 1.807) is 11.8 Å². The first-order valence-electron chi connectivity index (χ1n) is 6.33. The average Bonchev–Trinajstić information content (AvgIpc) is 2.39. The van der Waals surface area contributed by atoms with Gasteiger partial charge in [-0.1, -0.05) is 0 Å². The second-order valence-corrected chi connectivity index (χ2v) is 4.78. The molecule has 1 aromatic rings. The fraction of sp³-hybridized carbons (Fsp3) is 0.429. The van der Waals surface area contributed by atoms with Gasteiger partial charge in [0.15, 0.2) is 0 Å². The summed E-state index contributed by atoms with van der Waals surface area (Å²) in [5, 5.41) is 0. The molecule has 1 fully saturated rings. The number of ketones is 1. The maximum absolute atomic E-state index is 12.8. The van der Waals surface area contributed by atoms with E-state index >= 15 is 0 Å². The molecule has 0 saturated carbocycles. The van der Waals surface area contributed by atoms with Gasteiger partial charge in [-0.15, -0.1) is 0 Å². The average molecular weight is 264 g/mol. The highest BCUT2D eigenvalue weighted by molar-refractivity contribution is 5.94.